The number of carboxylic acids is 1. The highest BCUT2D eigenvalue weighted by Gasteiger charge is 2.06. The van der Waals surface area contributed by atoms with Gasteiger partial charge in [-0.25, -0.2) is 0 Å². The molecule has 0 aliphatic heterocycles. The van der Waals surface area contributed by atoms with E-state index in [-0.39, 0.29) is 12.2 Å². The standard InChI is InChI=1S/C9H8F2O3/c10-9(11)14-7-3-1-2-6(4-7)5-8(12)13/h1-4,9H,5H2,(H,12,13). The first-order valence-electron chi connectivity index (χ1n) is 3.83. The maximum absolute atomic E-state index is 11.8. The molecule has 5 heteroatoms. The summed E-state index contributed by atoms with van der Waals surface area (Å²) in [5.41, 5.74) is 0.427. The van der Waals surface area contributed by atoms with Crippen LogP contribution in [0.5, 0.6) is 5.75 Å². The Labute approximate surface area is 78.9 Å². The second kappa shape index (κ2) is 4.55. The third-order valence-electron chi connectivity index (χ3n) is 1.48. The van der Waals surface area contributed by atoms with Gasteiger partial charge in [-0.05, 0) is 17.7 Å². The minimum Gasteiger partial charge on any atom is -0.481 e. The van der Waals surface area contributed by atoms with E-state index in [9.17, 15) is 13.6 Å². The molecule has 3 nitrogen and oxygen atoms in total. The molecule has 0 saturated heterocycles. The Bertz CT molecular complexity index is 326. The maximum atomic E-state index is 11.8. The van der Waals surface area contributed by atoms with Crippen molar-refractivity contribution < 1.29 is 23.4 Å². The van der Waals surface area contributed by atoms with Crippen molar-refractivity contribution in [3.63, 3.8) is 0 Å². The van der Waals surface area contributed by atoms with Gasteiger partial charge in [0.1, 0.15) is 5.75 Å². The lowest BCUT2D eigenvalue weighted by atomic mass is 10.1. The molecule has 0 bridgehead atoms. The Morgan fingerprint density at radius 3 is 2.79 bits per heavy atom. The largest absolute Gasteiger partial charge is 0.481 e. The first-order chi connectivity index (χ1) is 6.58. The van der Waals surface area contributed by atoms with Crippen LogP contribution in [-0.2, 0) is 11.2 Å². The van der Waals surface area contributed by atoms with Gasteiger partial charge in [-0.3, -0.25) is 4.79 Å². The Morgan fingerprint density at radius 1 is 1.50 bits per heavy atom. The molecular formula is C9H8F2O3. The fraction of sp³-hybridized carbons (Fsp3) is 0.222. The molecule has 1 rings (SSSR count). The summed E-state index contributed by atoms with van der Waals surface area (Å²) in [6.45, 7) is -2.89. The quantitative estimate of drug-likeness (QED) is 0.811. The van der Waals surface area contributed by atoms with E-state index in [1.54, 1.807) is 0 Å². The second-order valence-electron chi connectivity index (χ2n) is 2.60. The predicted molar refractivity (Wildman–Crippen MR) is 44.4 cm³/mol. The van der Waals surface area contributed by atoms with Gasteiger partial charge < -0.3 is 9.84 Å². The maximum Gasteiger partial charge on any atom is 0.387 e. The Balaban J connectivity index is 2.73. The second-order valence-corrected chi connectivity index (χ2v) is 2.60. The van der Waals surface area contributed by atoms with Crippen molar-refractivity contribution in [3.8, 4) is 5.75 Å². The molecule has 0 heterocycles. The number of benzene rings is 1. The van der Waals surface area contributed by atoms with Gasteiger partial charge in [-0.1, -0.05) is 12.1 Å². The zero-order valence-electron chi connectivity index (χ0n) is 7.11. The van der Waals surface area contributed by atoms with E-state index in [0.717, 1.165) is 0 Å². The number of halogens is 2. The first kappa shape index (κ1) is 10.4. The summed E-state index contributed by atoms with van der Waals surface area (Å²) in [6, 6.07) is 5.63. The van der Waals surface area contributed by atoms with Gasteiger partial charge in [0, 0.05) is 0 Å². The molecule has 14 heavy (non-hydrogen) atoms. The van der Waals surface area contributed by atoms with Crippen LogP contribution in [0.3, 0.4) is 0 Å². The number of hydrogen-bond donors (Lipinski definition) is 1. The summed E-state index contributed by atoms with van der Waals surface area (Å²) < 4.78 is 27.7. The SMILES string of the molecule is O=C(O)Cc1cccc(OC(F)F)c1. The Kier molecular flexibility index (Phi) is 3.39. The van der Waals surface area contributed by atoms with Crippen LogP contribution in [0.1, 0.15) is 5.56 Å². The average molecular weight is 202 g/mol. The molecule has 1 aromatic rings. The molecule has 0 spiro atoms. The molecule has 1 aromatic carbocycles. The highest BCUT2D eigenvalue weighted by atomic mass is 19.3. The van der Waals surface area contributed by atoms with E-state index in [0.29, 0.717) is 5.56 Å². The van der Waals surface area contributed by atoms with Crippen LogP contribution in [0.2, 0.25) is 0 Å². The molecule has 0 saturated carbocycles. The van der Waals surface area contributed by atoms with Crippen LogP contribution in [0.25, 0.3) is 0 Å². The van der Waals surface area contributed by atoms with Crippen molar-refractivity contribution in [3.05, 3.63) is 29.8 Å². The molecule has 0 radical (unpaired) electrons. The van der Waals surface area contributed by atoms with Crippen LogP contribution in [0, 0.1) is 0 Å². The smallest absolute Gasteiger partial charge is 0.387 e. The lowest BCUT2D eigenvalue weighted by Crippen LogP contribution is -2.03. The topological polar surface area (TPSA) is 46.5 Å². The van der Waals surface area contributed by atoms with Crippen molar-refractivity contribution in [1.82, 2.24) is 0 Å². The van der Waals surface area contributed by atoms with Gasteiger partial charge in [0.2, 0.25) is 0 Å². The molecule has 0 amide bonds. The zero-order chi connectivity index (χ0) is 10.6. The molecule has 0 aliphatic rings. The third kappa shape index (κ3) is 3.38. The summed E-state index contributed by atoms with van der Waals surface area (Å²) in [5.74, 6) is -1.04. The van der Waals surface area contributed by atoms with Crippen molar-refractivity contribution in [2.24, 2.45) is 0 Å². The Morgan fingerprint density at radius 2 is 2.21 bits per heavy atom. The number of carboxylic acid groups (broad SMARTS) is 1. The van der Waals surface area contributed by atoms with Gasteiger partial charge in [0.25, 0.3) is 0 Å². The summed E-state index contributed by atoms with van der Waals surface area (Å²) in [6.07, 6.45) is -0.208. The van der Waals surface area contributed by atoms with Crippen LogP contribution < -0.4 is 4.74 Å². The summed E-state index contributed by atoms with van der Waals surface area (Å²) in [4.78, 5) is 10.3. The molecule has 1 N–H and O–H groups in total. The van der Waals surface area contributed by atoms with E-state index in [1.165, 1.54) is 24.3 Å². The number of hydrogen-bond acceptors (Lipinski definition) is 2. The number of rotatable bonds is 4. The highest BCUT2D eigenvalue weighted by Crippen LogP contribution is 2.16. The van der Waals surface area contributed by atoms with E-state index >= 15 is 0 Å². The normalized spacial score (nSPS) is 10.2. The van der Waals surface area contributed by atoms with Crippen molar-refractivity contribution in [2.75, 3.05) is 0 Å². The molecule has 0 atom stereocenters. The summed E-state index contributed by atoms with van der Waals surface area (Å²) in [5, 5.41) is 8.45. The number of carbonyl (C=O) groups is 1. The molecule has 76 valence electrons. The van der Waals surface area contributed by atoms with Gasteiger partial charge in [-0.15, -0.1) is 0 Å². The summed E-state index contributed by atoms with van der Waals surface area (Å²) in [7, 11) is 0. The molecule has 0 aliphatic carbocycles. The molecule has 0 fully saturated rings. The van der Waals surface area contributed by atoms with Gasteiger partial charge in [0.05, 0.1) is 6.42 Å². The molecule has 0 unspecified atom stereocenters. The van der Waals surface area contributed by atoms with Crippen LogP contribution in [0.4, 0.5) is 8.78 Å². The number of ether oxygens (including phenoxy) is 1. The number of aliphatic carboxylic acids is 1. The van der Waals surface area contributed by atoms with Gasteiger partial charge in [-0.2, -0.15) is 8.78 Å². The van der Waals surface area contributed by atoms with Crippen molar-refractivity contribution >= 4 is 5.97 Å². The van der Waals surface area contributed by atoms with Crippen LogP contribution >= 0.6 is 0 Å². The van der Waals surface area contributed by atoms with Gasteiger partial charge in [0.15, 0.2) is 0 Å². The van der Waals surface area contributed by atoms with E-state index in [2.05, 4.69) is 4.74 Å². The van der Waals surface area contributed by atoms with Gasteiger partial charge >= 0.3 is 12.6 Å². The zero-order valence-corrected chi connectivity index (χ0v) is 7.11. The third-order valence-corrected chi connectivity index (χ3v) is 1.48. The minimum atomic E-state index is -2.89. The van der Waals surface area contributed by atoms with Crippen molar-refractivity contribution in [1.29, 1.82) is 0 Å². The lowest BCUT2D eigenvalue weighted by molar-refractivity contribution is -0.136. The van der Waals surface area contributed by atoms with E-state index in [1.807, 2.05) is 0 Å². The summed E-state index contributed by atoms with van der Waals surface area (Å²) >= 11 is 0. The van der Waals surface area contributed by atoms with Crippen molar-refractivity contribution in [2.45, 2.75) is 13.0 Å². The van der Waals surface area contributed by atoms with E-state index < -0.39 is 12.6 Å². The van der Waals surface area contributed by atoms with E-state index in [4.69, 9.17) is 5.11 Å². The predicted octanol–water partition coefficient (Wildman–Crippen LogP) is 1.92. The van der Waals surface area contributed by atoms with Crippen LogP contribution in [-0.4, -0.2) is 17.7 Å². The monoisotopic (exact) mass is 202 g/mol. The highest BCUT2D eigenvalue weighted by molar-refractivity contribution is 5.70. The fourth-order valence-corrected chi connectivity index (χ4v) is 1.01. The minimum absolute atomic E-state index is 0.0289. The molecule has 0 aromatic heterocycles. The molecular weight excluding hydrogens is 194 g/mol. The van der Waals surface area contributed by atoms with Crippen LogP contribution in [0.15, 0.2) is 24.3 Å². The average Bonchev–Trinajstić information content (AvgIpc) is 2.01. The Hall–Kier alpha value is -1.65. The first-order valence-corrected chi connectivity index (χ1v) is 3.83. The fourth-order valence-electron chi connectivity index (χ4n) is 1.01. The number of alkyl halides is 2. The lowest BCUT2D eigenvalue weighted by Gasteiger charge is -2.05.